The van der Waals surface area contributed by atoms with E-state index in [2.05, 4.69) is 20.6 Å². The minimum Gasteiger partial charge on any atom is -0.493 e. The number of nitrogens with one attached hydrogen (secondary N) is 2. The average Bonchev–Trinajstić information content (AvgIpc) is 3.13. The van der Waals surface area contributed by atoms with Gasteiger partial charge in [-0.25, -0.2) is 9.98 Å². The number of benzene rings is 1. The van der Waals surface area contributed by atoms with Gasteiger partial charge in [-0.1, -0.05) is 6.07 Å². The van der Waals surface area contributed by atoms with Crippen LogP contribution in [-0.2, 0) is 11.3 Å². The molecule has 0 aliphatic rings. The highest BCUT2D eigenvalue weighted by Gasteiger charge is 2.05. The van der Waals surface area contributed by atoms with Gasteiger partial charge in [-0.15, -0.1) is 11.3 Å². The van der Waals surface area contributed by atoms with Gasteiger partial charge in [0, 0.05) is 57.9 Å². The van der Waals surface area contributed by atoms with Crippen molar-refractivity contribution >= 4 is 28.1 Å². The number of hydrogen-bond donors (Lipinski definition) is 2. The van der Waals surface area contributed by atoms with E-state index in [0.717, 1.165) is 35.2 Å². The van der Waals surface area contributed by atoms with E-state index in [9.17, 15) is 0 Å². The molecule has 0 aliphatic heterocycles. The summed E-state index contributed by atoms with van der Waals surface area (Å²) in [6, 6.07) is 7.86. The van der Waals surface area contributed by atoms with Crippen molar-refractivity contribution < 1.29 is 9.47 Å². The number of aliphatic imine (C=N–C) groups is 1. The first-order valence-electron chi connectivity index (χ1n) is 9.01. The molecule has 2 N–H and O–H groups in total. The van der Waals surface area contributed by atoms with E-state index < -0.39 is 0 Å². The molecule has 0 saturated carbocycles. The predicted molar refractivity (Wildman–Crippen MR) is 113 cm³/mol. The Labute approximate surface area is 165 Å². The third-order valence-electron chi connectivity index (χ3n) is 3.52. The summed E-state index contributed by atoms with van der Waals surface area (Å²) in [5.74, 6) is 1.54. The number of methoxy groups -OCH3 is 1. The van der Waals surface area contributed by atoms with Crippen molar-refractivity contribution in [2.45, 2.75) is 19.9 Å². The van der Waals surface area contributed by atoms with E-state index in [1.165, 1.54) is 0 Å². The van der Waals surface area contributed by atoms with Crippen LogP contribution in [0.3, 0.4) is 0 Å². The van der Waals surface area contributed by atoms with E-state index in [1.807, 2.05) is 55.6 Å². The molecule has 2 aromatic rings. The number of guanidine groups is 1. The molecule has 0 amide bonds. The van der Waals surface area contributed by atoms with Gasteiger partial charge in [-0.05, 0) is 19.1 Å². The molecule has 0 bridgehead atoms. The zero-order chi connectivity index (χ0) is 19.5. The molecule has 148 valence electrons. The Hall–Kier alpha value is -2.32. The number of ether oxygens (including phenoxy) is 2. The van der Waals surface area contributed by atoms with Gasteiger partial charge in [0.15, 0.2) is 11.1 Å². The van der Waals surface area contributed by atoms with Gasteiger partial charge in [-0.2, -0.15) is 0 Å². The minimum absolute atomic E-state index is 0.521. The molecule has 0 saturated heterocycles. The highest BCUT2D eigenvalue weighted by Crippen LogP contribution is 2.19. The lowest BCUT2D eigenvalue weighted by atomic mass is 10.3. The summed E-state index contributed by atoms with van der Waals surface area (Å²) in [6.07, 6.45) is 0.862. The Balaban J connectivity index is 1.97. The van der Waals surface area contributed by atoms with Crippen molar-refractivity contribution in [1.29, 1.82) is 0 Å². The minimum atomic E-state index is 0.521. The van der Waals surface area contributed by atoms with Crippen molar-refractivity contribution in [2.75, 3.05) is 51.2 Å². The van der Waals surface area contributed by atoms with Crippen LogP contribution in [0.1, 0.15) is 19.0 Å². The standard InChI is InChI=1S/C19H29N5O2S/c1-5-20-18(21-13-16-14-27-19(23-16)24(2)3)22-15-8-6-9-17(12-15)26-11-7-10-25-4/h6,8-9,12,14H,5,7,10-11,13H2,1-4H3,(H2,20,21,22). The van der Waals surface area contributed by atoms with E-state index in [4.69, 9.17) is 9.47 Å². The largest absolute Gasteiger partial charge is 0.493 e. The molecule has 8 heteroatoms. The molecule has 0 atom stereocenters. The summed E-state index contributed by atoms with van der Waals surface area (Å²) >= 11 is 1.62. The van der Waals surface area contributed by atoms with Crippen molar-refractivity contribution in [3.8, 4) is 5.75 Å². The van der Waals surface area contributed by atoms with Crippen LogP contribution in [0.4, 0.5) is 10.8 Å². The van der Waals surface area contributed by atoms with Crippen molar-refractivity contribution in [2.24, 2.45) is 4.99 Å². The van der Waals surface area contributed by atoms with Crippen LogP contribution in [0.15, 0.2) is 34.6 Å². The van der Waals surface area contributed by atoms with Gasteiger partial charge < -0.3 is 25.0 Å². The van der Waals surface area contributed by atoms with Crippen LogP contribution in [-0.4, -0.2) is 51.9 Å². The Morgan fingerprint density at radius 1 is 1.30 bits per heavy atom. The second-order valence-electron chi connectivity index (χ2n) is 6.06. The lowest BCUT2D eigenvalue weighted by Crippen LogP contribution is -2.30. The van der Waals surface area contributed by atoms with Crippen molar-refractivity contribution in [3.63, 3.8) is 0 Å². The second-order valence-corrected chi connectivity index (χ2v) is 6.90. The maximum Gasteiger partial charge on any atom is 0.196 e. The molecule has 7 nitrogen and oxygen atoms in total. The van der Waals surface area contributed by atoms with Crippen LogP contribution in [0.2, 0.25) is 0 Å². The molecule has 0 radical (unpaired) electrons. The van der Waals surface area contributed by atoms with Gasteiger partial charge in [-0.3, -0.25) is 0 Å². The first kappa shape index (κ1) is 21.0. The fourth-order valence-corrected chi connectivity index (χ4v) is 2.98. The quantitative estimate of drug-likeness (QED) is 0.368. The SMILES string of the molecule is CCNC(=NCc1csc(N(C)C)n1)Nc1cccc(OCCCOC)c1. The number of rotatable bonds is 10. The normalized spacial score (nSPS) is 11.3. The first-order valence-corrected chi connectivity index (χ1v) is 9.89. The topological polar surface area (TPSA) is 71.0 Å². The van der Waals surface area contributed by atoms with Crippen LogP contribution < -0.4 is 20.3 Å². The van der Waals surface area contributed by atoms with Crippen LogP contribution in [0, 0.1) is 0 Å². The zero-order valence-electron chi connectivity index (χ0n) is 16.5. The molecule has 27 heavy (non-hydrogen) atoms. The van der Waals surface area contributed by atoms with Crippen molar-refractivity contribution in [3.05, 3.63) is 35.3 Å². The Morgan fingerprint density at radius 3 is 2.85 bits per heavy atom. The highest BCUT2D eigenvalue weighted by atomic mass is 32.1. The summed E-state index contributed by atoms with van der Waals surface area (Å²) < 4.78 is 10.8. The van der Waals surface area contributed by atoms with Gasteiger partial charge in [0.05, 0.1) is 18.8 Å². The Kier molecular flexibility index (Phi) is 8.86. The molecule has 1 aromatic carbocycles. The van der Waals surface area contributed by atoms with E-state index >= 15 is 0 Å². The van der Waals surface area contributed by atoms with E-state index in [-0.39, 0.29) is 0 Å². The smallest absolute Gasteiger partial charge is 0.196 e. The maximum absolute atomic E-state index is 5.75. The van der Waals surface area contributed by atoms with Crippen molar-refractivity contribution in [1.82, 2.24) is 10.3 Å². The number of hydrogen-bond acceptors (Lipinski definition) is 6. The Morgan fingerprint density at radius 2 is 2.15 bits per heavy atom. The summed E-state index contributed by atoms with van der Waals surface area (Å²) in [5.41, 5.74) is 1.88. The lowest BCUT2D eigenvalue weighted by Gasteiger charge is -2.12. The van der Waals surface area contributed by atoms with Crippen LogP contribution in [0.25, 0.3) is 0 Å². The summed E-state index contributed by atoms with van der Waals surface area (Å²) in [4.78, 5) is 11.2. The number of thiazole rings is 1. The van der Waals surface area contributed by atoms with E-state index in [0.29, 0.717) is 25.7 Å². The molecule has 0 unspecified atom stereocenters. The highest BCUT2D eigenvalue weighted by molar-refractivity contribution is 7.13. The van der Waals surface area contributed by atoms with E-state index in [1.54, 1.807) is 18.4 Å². The molecular formula is C19H29N5O2S. The lowest BCUT2D eigenvalue weighted by molar-refractivity contribution is 0.172. The van der Waals surface area contributed by atoms with Crippen LogP contribution in [0.5, 0.6) is 5.75 Å². The fourth-order valence-electron chi connectivity index (χ4n) is 2.24. The summed E-state index contributed by atoms with van der Waals surface area (Å²) in [7, 11) is 5.67. The van der Waals surface area contributed by atoms with Crippen LogP contribution >= 0.6 is 11.3 Å². The Bertz CT molecular complexity index is 718. The maximum atomic E-state index is 5.75. The van der Waals surface area contributed by atoms with Gasteiger partial charge in [0.2, 0.25) is 0 Å². The number of nitrogens with zero attached hydrogens (tertiary/aromatic N) is 3. The summed E-state index contributed by atoms with van der Waals surface area (Å²) in [6.45, 7) is 4.66. The second kappa shape index (κ2) is 11.4. The summed E-state index contributed by atoms with van der Waals surface area (Å²) in [5, 5.41) is 9.60. The fraction of sp³-hybridized carbons (Fsp3) is 0.474. The third kappa shape index (κ3) is 7.44. The van der Waals surface area contributed by atoms with Gasteiger partial charge >= 0.3 is 0 Å². The molecule has 2 rings (SSSR count). The number of aromatic nitrogens is 1. The molecule has 0 spiro atoms. The average molecular weight is 392 g/mol. The zero-order valence-corrected chi connectivity index (χ0v) is 17.3. The number of anilines is 2. The first-order chi connectivity index (χ1) is 13.1. The monoisotopic (exact) mass is 391 g/mol. The predicted octanol–water partition coefficient (Wildman–Crippen LogP) is 3.20. The molecular weight excluding hydrogens is 362 g/mol. The molecule has 1 heterocycles. The van der Waals surface area contributed by atoms with Gasteiger partial charge in [0.25, 0.3) is 0 Å². The third-order valence-corrected chi connectivity index (χ3v) is 4.58. The molecule has 0 aliphatic carbocycles. The molecule has 0 fully saturated rings. The van der Waals surface area contributed by atoms with Gasteiger partial charge in [0.1, 0.15) is 5.75 Å². The molecule has 1 aromatic heterocycles.